The first-order valence-electron chi connectivity index (χ1n) is 13.5. The van der Waals surface area contributed by atoms with E-state index in [4.69, 9.17) is 14.2 Å². The second-order valence-electron chi connectivity index (χ2n) is 9.83. The Labute approximate surface area is 267 Å². The number of carbonyl (C=O) groups excluding carboxylic acids is 5. The lowest BCUT2D eigenvalue weighted by Crippen LogP contribution is -2.43. The Bertz CT molecular complexity index is 1400. The van der Waals surface area contributed by atoms with Crippen molar-refractivity contribution in [3.63, 3.8) is 0 Å². The Morgan fingerprint density at radius 3 is 1.62 bits per heavy atom. The number of nitrogens with one attached hydrogen (secondary N) is 1. The first kappa shape index (κ1) is 39.6. The van der Waals surface area contributed by atoms with Crippen molar-refractivity contribution in [1.29, 1.82) is 0 Å². The molecular formula is C31H34F4N2O10. The smallest absolute Gasteiger partial charge is 0.424 e. The number of amides is 3. The van der Waals surface area contributed by atoms with Gasteiger partial charge in [0.05, 0.1) is 14.2 Å². The number of carbonyl (C=O) groups is 5. The first-order chi connectivity index (χ1) is 22.1. The van der Waals surface area contributed by atoms with E-state index in [0.717, 1.165) is 19.8 Å². The molecule has 256 valence electrons. The number of alkyl halides is 4. The largest absolute Gasteiger partial charge is 0.464 e. The molecule has 0 saturated heterocycles. The van der Waals surface area contributed by atoms with E-state index in [1.165, 1.54) is 20.8 Å². The molecule has 0 heterocycles. The molecule has 0 fully saturated rings. The van der Waals surface area contributed by atoms with Crippen LogP contribution in [-0.4, -0.2) is 67.8 Å². The summed E-state index contributed by atoms with van der Waals surface area (Å²) in [5, 5.41) is 1.91. The molecular weight excluding hydrogens is 636 g/mol. The molecule has 3 amide bonds. The minimum Gasteiger partial charge on any atom is -0.464 e. The molecule has 0 bridgehead atoms. The summed E-state index contributed by atoms with van der Waals surface area (Å²) in [5.74, 6) is -2.40. The maximum atomic E-state index is 12.8. The van der Waals surface area contributed by atoms with E-state index >= 15 is 0 Å². The van der Waals surface area contributed by atoms with Crippen LogP contribution in [0.3, 0.4) is 0 Å². The summed E-state index contributed by atoms with van der Waals surface area (Å²) < 4.78 is 73.5. The zero-order chi connectivity index (χ0) is 35.6. The number of benzene rings is 2. The van der Waals surface area contributed by atoms with Crippen LogP contribution >= 0.6 is 0 Å². The Hall–Kier alpha value is -5.41. The van der Waals surface area contributed by atoms with Crippen LogP contribution in [0.5, 0.6) is 0 Å². The molecule has 0 aliphatic rings. The summed E-state index contributed by atoms with van der Waals surface area (Å²) in [4.78, 5) is 59.3. The van der Waals surface area contributed by atoms with Crippen molar-refractivity contribution >= 4 is 30.2 Å². The fraction of sp³-hybridized carbons (Fsp3) is 0.323. The highest BCUT2D eigenvalue weighted by Crippen LogP contribution is 2.18. The highest BCUT2D eigenvalue weighted by atomic mass is 19.3. The molecule has 2 aromatic carbocycles. The SMILES string of the molecule is COC(=O)/C(=C\C(F)F)N(C(=O)OCc1ccccc1)C(=O)OC(C)(C)C.COC(=O)/C(=C\C(F)F)NC(=O)OCc1ccccc1. The molecule has 0 aliphatic carbocycles. The van der Waals surface area contributed by atoms with Gasteiger partial charge in [-0.2, -0.15) is 4.90 Å². The van der Waals surface area contributed by atoms with Gasteiger partial charge in [0.15, 0.2) is 0 Å². The van der Waals surface area contributed by atoms with E-state index < -0.39 is 60.1 Å². The summed E-state index contributed by atoms with van der Waals surface area (Å²) in [6.45, 7) is 4.23. The minimum atomic E-state index is -3.13. The summed E-state index contributed by atoms with van der Waals surface area (Å²) in [7, 11) is 1.93. The number of esters is 2. The summed E-state index contributed by atoms with van der Waals surface area (Å²) in [6, 6.07) is 17.2. The Balaban J connectivity index is 0.000000491. The fourth-order valence-electron chi connectivity index (χ4n) is 3.09. The van der Waals surface area contributed by atoms with Crippen molar-refractivity contribution in [2.45, 2.75) is 52.4 Å². The van der Waals surface area contributed by atoms with E-state index in [9.17, 15) is 41.5 Å². The van der Waals surface area contributed by atoms with E-state index in [1.54, 1.807) is 60.7 Å². The normalized spacial score (nSPS) is 11.5. The highest BCUT2D eigenvalue weighted by molar-refractivity contribution is 6.01. The van der Waals surface area contributed by atoms with Gasteiger partial charge >= 0.3 is 30.2 Å². The van der Waals surface area contributed by atoms with Crippen molar-refractivity contribution in [3.05, 3.63) is 95.3 Å². The number of allylic oxidation sites excluding steroid dienone is 2. The molecule has 0 saturated carbocycles. The second-order valence-corrected chi connectivity index (χ2v) is 9.83. The number of hydrogen-bond acceptors (Lipinski definition) is 10. The standard InChI is InChI=1S/C18H21F2NO6.C13H13F2NO4/c1-18(2,3)27-17(24)21(13(10-14(19)20)15(22)25-4)16(23)26-11-12-8-6-5-7-9-12;1-19-12(17)10(7-11(14)15)16-13(18)20-8-9-5-3-2-4-6-9/h5-10,14H,11H2,1-4H3;2-7,11H,8H2,1H3,(H,16,18)/b13-10+;10-7+. The molecule has 2 aromatic rings. The average Bonchev–Trinajstić information content (AvgIpc) is 3.01. The van der Waals surface area contributed by atoms with Crippen LogP contribution in [0.15, 0.2) is 84.2 Å². The van der Waals surface area contributed by atoms with Gasteiger partial charge in [-0.15, -0.1) is 0 Å². The molecule has 0 aromatic heterocycles. The molecule has 1 N–H and O–H groups in total. The second kappa shape index (κ2) is 19.9. The van der Waals surface area contributed by atoms with E-state index in [0.29, 0.717) is 5.56 Å². The number of rotatable bonds is 10. The minimum absolute atomic E-state index is 0.0458. The van der Waals surface area contributed by atoms with Crippen LogP contribution in [0.25, 0.3) is 0 Å². The van der Waals surface area contributed by atoms with Crippen molar-refractivity contribution in [1.82, 2.24) is 10.2 Å². The van der Waals surface area contributed by atoms with Crippen LogP contribution < -0.4 is 5.32 Å². The van der Waals surface area contributed by atoms with Crippen LogP contribution in [0.1, 0.15) is 31.9 Å². The number of halogens is 4. The third-order valence-electron chi connectivity index (χ3n) is 5.03. The summed E-state index contributed by atoms with van der Waals surface area (Å²) in [5.41, 5.74) is -1.41. The van der Waals surface area contributed by atoms with Crippen LogP contribution in [0.4, 0.5) is 31.9 Å². The lowest BCUT2D eigenvalue weighted by Gasteiger charge is -2.26. The maximum absolute atomic E-state index is 12.8. The van der Waals surface area contributed by atoms with Crippen molar-refractivity contribution in [2.24, 2.45) is 0 Å². The third kappa shape index (κ3) is 15.9. The Morgan fingerprint density at radius 1 is 0.723 bits per heavy atom. The molecule has 0 radical (unpaired) electrons. The first-order valence-corrected chi connectivity index (χ1v) is 13.5. The maximum Gasteiger partial charge on any atom is 0.424 e. The van der Waals surface area contributed by atoms with Gasteiger partial charge in [-0.05, 0) is 31.9 Å². The third-order valence-corrected chi connectivity index (χ3v) is 5.03. The number of alkyl carbamates (subject to hydrolysis) is 1. The highest BCUT2D eigenvalue weighted by Gasteiger charge is 2.36. The van der Waals surface area contributed by atoms with E-state index in [1.807, 2.05) is 5.32 Å². The van der Waals surface area contributed by atoms with Gasteiger partial charge in [-0.1, -0.05) is 60.7 Å². The van der Waals surface area contributed by atoms with Crippen molar-refractivity contribution in [3.8, 4) is 0 Å². The molecule has 16 heteroatoms. The van der Waals surface area contributed by atoms with Gasteiger partial charge in [0, 0.05) is 12.2 Å². The van der Waals surface area contributed by atoms with Gasteiger partial charge in [0.1, 0.15) is 30.2 Å². The predicted molar refractivity (Wildman–Crippen MR) is 157 cm³/mol. The fourth-order valence-corrected chi connectivity index (χ4v) is 3.09. The van der Waals surface area contributed by atoms with Gasteiger partial charge < -0.3 is 23.7 Å². The zero-order valence-corrected chi connectivity index (χ0v) is 26.0. The van der Waals surface area contributed by atoms with Crippen LogP contribution in [0.2, 0.25) is 0 Å². The quantitative estimate of drug-likeness (QED) is 0.136. The molecule has 12 nitrogen and oxygen atoms in total. The lowest BCUT2D eigenvalue weighted by molar-refractivity contribution is -0.138. The number of methoxy groups -OCH3 is 2. The molecule has 2 rings (SSSR count). The lowest BCUT2D eigenvalue weighted by atomic mass is 10.2. The summed E-state index contributed by atoms with van der Waals surface area (Å²) >= 11 is 0. The average molecular weight is 671 g/mol. The Kier molecular flexibility index (Phi) is 16.7. The molecule has 0 atom stereocenters. The number of ether oxygens (including phenoxy) is 5. The van der Waals surface area contributed by atoms with E-state index in [-0.39, 0.29) is 30.3 Å². The van der Waals surface area contributed by atoms with Crippen molar-refractivity contribution in [2.75, 3.05) is 14.2 Å². The molecule has 0 spiro atoms. The monoisotopic (exact) mass is 670 g/mol. The van der Waals surface area contributed by atoms with Gasteiger partial charge in [0.25, 0.3) is 12.9 Å². The van der Waals surface area contributed by atoms with Gasteiger partial charge in [0.2, 0.25) is 0 Å². The molecule has 47 heavy (non-hydrogen) atoms. The predicted octanol–water partition coefficient (Wildman–Crippen LogP) is 6.12. The summed E-state index contributed by atoms with van der Waals surface area (Å²) in [6.07, 6.45) is -9.38. The zero-order valence-electron chi connectivity index (χ0n) is 26.0. The van der Waals surface area contributed by atoms with Crippen LogP contribution in [0, 0.1) is 0 Å². The Morgan fingerprint density at radius 2 is 1.19 bits per heavy atom. The van der Waals surface area contributed by atoms with E-state index in [2.05, 4.69) is 9.47 Å². The molecule has 0 aliphatic heterocycles. The van der Waals surface area contributed by atoms with Crippen molar-refractivity contribution < 1.29 is 65.2 Å². The number of imide groups is 1. The van der Waals surface area contributed by atoms with Crippen LogP contribution in [-0.2, 0) is 46.5 Å². The number of hydrogen-bond donors (Lipinski definition) is 1. The number of nitrogens with zero attached hydrogens (tertiary/aromatic N) is 1. The van der Waals surface area contributed by atoms with Gasteiger partial charge in [-0.25, -0.2) is 41.5 Å². The topological polar surface area (TPSA) is 147 Å². The molecule has 0 unspecified atom stereocenters. The van der Waals surface area contributed by atoms with Gasteiger partial charge in [-0.3, -0.25) is 5.32 Å².